The SMILES string of the molecule is CCCCCCCCCCCCCc1cccc(Oc2cc([O-])cc(S(=O)(=O)O)c2)c1.[Na+]. The summed E-state index contributed by atoms with van der Waals surface area (Å²) < 4.78 is 37.4. The maximum Gasteiger partial charge on any atom is 1.00 e. The molecule has 0 aliphatic carbocycles. The van der Waals surface area contributed by atoms with Gasteiger partial charge in [-0.15, -0.1) is 5.75 Å². The number of rotatable bonds is 15. The Hall–Kier alpha value is -1.05. The van der Waals surface area contributed by atoms with Crippen molar-refractivity contribution in [3.8, 4) is 17.2 Å². The van der Waals surface area contributed by atoms with Crippen molar-refractivity contribution in [3.05, 3.63) is 48.0 Å². The van der Waals surface area contributed by atoms with Crippen molar-refractivity contribution in [2.45, 2.75) is 88.9 Å². The largest absolute Gasteiger partial charge is 1.00 e. The van der Waals surface area contributed by atoms with Gasteiger partial charge in [0.1, 0.15) is 11.5 Å². The molecular weight excluding hydrogens is 435 g/mol. The van der Waals surface area contributed by atoms with Crippen LogP contribution in [0.1, 0.15) is 83.1 Å². The van der Waals surface area contributed by atoms with Crippen molar-refractivity contribution >= 4 is 10.1 Å². The molecule has 0 aromatic heterocycles. The Labute approximate surface area is 215 Å². The van der Waals surface area contributed by atoms with Crippen molar-refractivity contribution in [2.24, 2.45) is 0 Å². The van der Waals surface area contributed by atoms with Crippen LogP contribution in [0.4, 0.5) is 0 Å². The molecule has 2 aromatic carbocycles. The smallest absolute Gasteiger partial charge is 0.872 e. The number of hydrogen-bond donors (Lipinski definition) is 1. The van der Waals surface area contributed by atoms with Crippen LogP contribution in [0.3, 0.4) is 0 Å². The van der Waals surface area contributed by atoms with E-state index in [1.807, 2.05) is 18.2 Å². The van der Waals surface area contributed by atoms with E-state index in [-0.39, 0.29) is 35.3 Å². The molecule has 172 valence electrons. The predicted octanol–water partition coefficient (Wildman–Crippen LogP) is 3.66. The van der Waals surface area contributed by atoms with E-state index in [1.54, 1.807) is 6.07 Å². The van der Waals surface area contributed by atoms with Gasteiger partial charge in [-0.3, -0.25) is 4.55 Å². The molecule has 0 aliphatic rings. The number of unbranched alkanes of at least 4 members (excludes halogenated alkanes) is 10. The number of hydrogen-bond acceptors (Lipinski definition) is 4. The topological polar surface area (TPSA) is 86.7 Å². The molecule has 0 fully saturated rings. The summed E-state index contributed by atoms with van der Waals surface area (Å²) in [7, 11) is -4.46. The monoisotopic (exact) mass is 470 g/mol. The van der Waals surface area contributed by atoms with Crippen LogP contribution in [-0.2, 0) is 16.5 Å². The van der Waals surface area contributed by atoms with Crippen molar-refractivity contribution in [2.75, 3.05) is 0 Å². The van der Waals surface area contributed by atoms with E-state index >= 15 is 0 Å². The van der Waals surface area contributed by atoms with E-state index in [1.165, 1.54) is 70.3 Å². The van der Waals surface area contributed by atoms with Gasteiger partial charge in [-0.2, -0.15) is 8.42 Å². The first-order valence-corrected chi connectivity index (χ1v) is 12.9. The molecule has 0 saturated heterocycles. The van der Waals surface area contributed by atoms with E-state index in [2.05, 4.69) is 6.92 Å². The zero-order valence-electron chi connectivity index (χ0n) is 19.5. The predicted molar refractivity (Wildman–Crippen MR) is 122 cm³/mol. The zero-order valence-corrected chi connectivity index (χ0v) is 22.3. The molecule has 2 aromatic rings. The summed E-state index contributed by atoms with van der Waals surface area (Å²) in [6.07, 6.45) is 15.3. The molecule has 5 nitrogen and oxygen atoms in total. The zero-order chi connectivity index (χ0) is 22.5. The summed E-state index contributed by atoms with van der Waals surface area (Å²) in [6, 6.07) is 10.8. The van der Waals surface area contributed by atoms with Crippen LogP contribution in [0, 0.1) is 0 Å². The minimum Gasteiger partial charge on any atom is -0.872 e. The first-order valence-electron chi connectivity index (χ1n) is 11.4. The molecule has 0 bridgehead atoms. The quantitative estimate of drug-likeness (QED) is 0.244. The van der Waals surface area contributed by atoms with Crippen molar-refractivity contribution in [3.63, 3.8) is 0 Å². The van der Waals surface area contributed by atoms with Crippen LogP contribution < -0.4 is 39.4 Å². The Balaban J connectivity index is 0.00000512. The first kappa shape index (κ1) is 29.0. The van der Waals surface area contributed by atoms with E-state index in [9.17, 15) is 13.5 Å². The minimum absolute atomic E-state index is 0. The van der Waals surface area contributed by atoms with Gasteiger partial charge in [-0.1, -0.05) is 83.3 Å². The third-order valence-electron chi connectivity index (χ3n) is 5.35. The fourth-order valence-electron chi connectivity index (χ4n) is 3.65. The molecule has 0 unspecified atom stereocenters. The maximum absolute atomic E-state index is 11.7. The van der Waals surface area contributed by atoms with Crippen LogP contribution >= 0.6 is 0 Å². The number of ether oxygens (including phenoxy) is 1. The average molecular weight is 471 g/mol. The maximum atomic E-state index is 11.7. The Morgan fingerprint density at radius 3 is 2.00 bits per heavy atom. The van der Waals surface area contributed by atoms with Gasteiger partial charge in [-0.25, -0.2) is 0 Å². The molecule has 7 heteroatoms. The molecule has 2 rings (SSSR count). The standard InChI is InChI=1S/C25H36O5S.Na/c1-2-3-4-5-6-7-8-9-10-11-12-14-21-15-13-16-23(17-21)30-24-18-22(26)19-25(20-24)31(27,28)29;/h13,15-20,26H,2-12,14H2,1H3,(H,27,28,29);/q;+1/p-1. The van der Waals surface area contributed by atoms with Gasteiger partial charge in [0.05, 0.1) is 4.90 Å². The third kappa shape index (κ3) is 11.7. The minimum atomic E-state index is -4.46. The second-order valence-corrected chi connectivity index (χ2v) is 9.57. The Morgan fingerprint density at radius 1 is 0.812 bits per heavy atom. The van der Waals surface area contributed by atoms with Gasteiger partial charge in [-0.05, 0) is 42.7 Å². The summed E-state index contributed by atoms with van der Waals surface area (Å²) in [5.41, 5.74) is 1.14. The van der Waals surface area contributed by atoms with E-state index < -0.39 is 20.8 Å². The van der Waals surface area contributed by atoms with Gasteiger partial charge < -0.3 is 9.84 Å². The van der Waals surface area contributed by atoms with Gasteiger partial charge in [0.25, 0.3) is 10.1 Å². The molecule has 1 N–H and O–H groups in total. The van der Waals surface area contributed by atoms with Crippen molar-refractivity contribution < 1.29 is 52.4 Å². The molecule has 0 radical (unpaired) electrons. The molecule has 0 amide bonds. The normalized spacial score (nSPS) is 11.2. The van der Waals surface area contributed by atoms with E-state index in [0.29, 0.717) is 5.75 Å². The van der Waals surface area contributed by atoms with E-state index in [4.69, 9.17) is 9.29 Å². The van der Waals surface area contributed by atoms with Crippen molar-refractivity contribution in [1.82, 2.24) is 0 Å². The summed E-state index contributed by atoms with van der Waals surface area (Å²) in [5, 5.41) is 11.7. The molecule has 0 saturated carbocycles. The van der Waals surface area contributed by atoms with Crippen LogP contribution in [0.25, 0.3) is 0 Å². The third-order valence-corrected chi connectivity index (χ3v) is 6.19. The van der Waals surface area contributed by atoms with Gasteiger partial charge in [0, 0.05) is 6.07 Å². The fraction of sp³-hybridized carbons (Fsp3) is 0.520. The Bertz CT molecular complexity index is 899. The molecular formula is C25H35NaO5S. The Kier molecular flexibility index (Phi) is 14.2. The second kappa shape index (κ2) is 15.7. The van der Waals surface area contributed by atoms with Crippen LogP contribution in [0.15, 0.2) is 47.4 Å². The van der Waals surface area contributed by atoms with Crippen LogP contribution in [0.5, 0.6) is 17.2 Å². The summed E-state index contributed by atoms with van der Waals surface area (Å²) in [5.74, 6) is 0.0849. The second-order valence-electron chi connectivity index (χ2n) is 8.15. The molecule has 0 heterocycles. The fourth-order valence-corrected chi connectivity index (χ4v) is 4.18. The molecule has 0 aliphatic heterocycles. The number of aryl methyl sites for hydroxylation is 1. The van der Waals surface area contributed by atoms with Gasteiger partial charge in [0.2, 0.25) is 0 Å². The average Bonchev–Trinajstić information content (AvgIpc) is 2.71. The van der Waals surface area contributed by atoms with Crippen LogP contribution in [0.2, 0.25) is 0 Å². The summed E-state index contributed by atoms with van der Waals surface area (Å²) >= 11 is 0. The van der Waals surface area contributed by atoms with Crippen molar-refractivity contribution in [1.29, 1.82) is 0 Å². The number of benzene rings is 2. The first-order chi connectivity index (χ1) is 14.9. The summed E-state index contributed by atoms with van der Waals surface area (Å²) in [4.78, 5) is -0.466. The molecule has 0 spiro atoms. The van der Waals surface area contributed by atoms with E-state index in [0.717, 1.165) is 30.5 Å². The van der Waals surface area contributed by atoms with Crippen LogP contribution in [-0.4, -0.2) is 13.0 Å². The molecule has 32 heavy (non-hydrogen) atoms. The van der Waals surface area contributed by atoms with Gasteiger partial charge in [0.15, 0.2) is 0 Å². The van der Waals surface area contributed by atoms with Gasteiger partial charge >= 0.3 is 29.6 Å². The summed E-state index contributed by atoms with van der Waals surface area (Å²) in [6.45, 7) is 2.25. The Morgan fingerprint density at radius 2 is 1.41 bits per heavy atom. The molecule has 0 atom stereocenters.